The Balaban J connectivity index is 1.63. The van der Waals surface area contributed by atoms with E-state index in [1.807, 2.05) is 17.0 Å². The SMILES string of the molecule is COc1cc(OC)cc(C(=O)Nc2cc3c4c(c2)CCN4C(=O)CC3)c1. The van der Waals surface area contributed by atoms with Crippen LogP contribution in [0.15, 0.2) is 30.3 Å². The van der Waals surface area contributed by atoms with Gasteiger partial charge in [0.25, 0.3) is 5.91 Å². The van der Waals surface area contributed by atoms with Crippen molar-refractivity contribution in [3.8, 4) is 11.5 Å². The van der Waals surface area contributed by atoms with Crippen molar-refractivity contribution in [2.24, 2.45) is 0 Å². The van der Waals surface area contributed by atoms with Crippen molar-refractivity contribution in [2.75, 3.05) is 31.0 Å². The number of carbonyl (C=O) groups is 2. The van der Waals surface area contributed by atoms with E-state index in [2.05, 4.69) is 5.32 Å². The van der Waals surface area contributed by atoms with Crippen LogP contribution in [-0.2, 0) is 17.6 Å². The minimum absolute atomic E-state index is 0.191. The molecule has 2 aliphatic heterocycles. The average Bonchev–Trinajstić information content (AvgIpc) is 3.09. The Labute approximate surface area is 151 Å². The Hall–Kier alpha value is -3.02. The summed E-state index contributed by atoms with van der Waals surface area (Å²) in [5.41, 5.74) is 4.50. The van der Waals surface area contributed by atoms with Gasteiger partial charge in [-0.2, -0.15) is 0 Å². The molecule has 0 radical (unpaired) electrons. The summed E-state index contributed by atoms with van der Waals surface area (Å²) in [4.78, 5) is 26.6. The van der Waals surface area contributed by atoms with Crippen LogP contribution in [0.3, 0.4) is 0 Å². The Morgan fingerprint density at radius 1 is 0.962 bits per heavy atom. The zero-order chi connectivity index (χ0) is 18.3. The lowest BCUT2D eigenvalue weighted by molar-refractivity contribution is -0.118. The Morgan fingerprint density at radius 2 is 1.62 bits per heavy atom. The minimum atomic E-state index is -0.226. The zero-order valence-electron chi connectivity index (χ0n) is 14.8. The maximum Gasteiger partial charge on any atom is 0.255 e. The fraction of sp³-hybridized carbons (Fsp3) is 0.300. The van der Waals surface area contributed by atoms with Crippen LogP contribution in [0, 0.1) is 0 Å². The molecule has 2 heterocycles. The molecule has 0 saturated carbocycles. The average molecular weight is 352 g/mol. The monoisotopic (exact) mass is 352 g/mol. The molecule has 2 aliphatic rings. The van der Waals surface area contributed by atoms with E-state index in [-0.39, 0.29) is 11.8 Å². The molecule has 0 fully saturated rings. The molecule has 0 aliphatic carbocycles. The molecule has 4 rings (SSSR count). The van der Waals surface area contributed by atoms with Crippen molar-refractivity contribution in [1.82, 2.24) is 0 Å². The van der Waals surface area contributed by atoms with Crippen LogP contribution >= 0.6 is 0 Å². The second kappa shape index (κ2) is 6.37. The normalized spacial score (nSPS) is 14.8. The predicted octanol–water partition coefficient (Wildman–Crippen LogP) is 2.79. The van der Waals surface area contributed by atoms with Gasteiger partial charge in [-0.1, -0.05) is 0 Å². The lowest BCUT2D eigenvalue weighted by Gasteiger charge is -2.25. The Kier molecular flexibility index (Phi) is 4.03. The van der Waals surface area contributed by atoms with E-state index in [4.69, 9.17) is 9.47 Å². The predicted molar refractivity (Wildman–Crippen MR) is 98.3 cm³/mol. The highest BCUT2D eigenvalue weighted by Gasteiger charge is 2.31. The van der Waals surface area contributed by atoms with Gasteiger partial charge in [-0.05, 0) is 48.2 Å². The first-order valence-electron chi connectivity index (χ1n) is 8.59. The summed E-state index contributed by atoms with van der Waals surface area (Å²) in [6, 6.07) is 9.01. The number of aryl methyl sites for hydroxylation is 1. The molecule has 0 atom stereocenters. The van der Waals surface area contributed by atoms with E-state index in [9.17, 15) is 9.59 Å². The van der Waals surface area contributed by atoms with Gasteiger partial charge in [0.05, 0.1) is 19.9 Å². The van der Waals surface area contributed by atoms with Crippen LogP contribution in [-0.4, -0.2) is 32.6 Å². The molecular formula is C20H20N2O4. The van der Waals surface area contributed by atoms with Crippen molar-refractivity contribution in [1.29, 1.82) is 0 Å². The van der Waals surface area contributed by atoms with E-state index in [0.29, 0.717) is 29.9 Å². The van der Waals surface area contributed by atoms with Gasteiger partial charge in [0, 0.05) is 30.3 Å². The van der Waals surface area contributed by atoms with Gasteiger partial charge in [-0.15, -0.1) is 0 Å². The summed E-state index contributed by atoms with van der Waals surface area (Å²) in [5.74, 6) is 1.09. The lowest BCUT2D eigenvalue weighted by atomic mass is 9.98. The molecule has 0 aromatic heterocycles. The number of hydrogen-bond donors (Lipinski definition) is 1. The van der Waals surface area contributed by atoms with Crippen molar-refractivity contribution < 1.29 is 19.1 Å². The number of anilines is 2. The first-order valence-corrected chi connectivity index (χ1v) is 8.59. The number of ether oxygens (including phenoxy) is 2. The highest BCUT2D eigenvalue weighted by molar-refractivity contribution is 6.06. The number of hydrogen-bond acceptors (Lipinski definition) is 4. The summed E-state index contributed by atoms with van der Waals surface area (Å²) in [6.07, 6.45) is 2.07. The van der Waals surface area contributed by atoms with Crippen molar-refractivity contribution >= 4 is 23.2 Å². The summed E-state index contributed by atoms with van der Waals surface area (Å²) in [7, 11) is 3.10. The number of methoxy groups -OCH3 is 2. The summed E-state index contributed by atoms with van der Waals surface area (Å²) in [6.45, 7) is 0.728. The molecule has 6 heteroatoms. The second-order valence-corrected chi connectivity index (χ2v) is 6.49. The Bertz CT molecular complexity index is 885. The van der Waals surface area contributed by atoms with Crippen LogP contribution in [0.2, 0.25) is 0 Å². The number of amides is 2. The van der Waals surface area contributed by atoms with Crippen molar-refractivity contribution in [3.05, 3.63) is 47.0 Å². The van der Waals surface area contributed by atoms with Gasteiger partial charge in [0.15, 0.2) is 0 Å². The van der Waals surface area contributed by atoms with E-state index < -0.39 is 0 Å². The first kappa shape index (κ1) is 16.4. The molecule has 2 amide bonds. The third-order valence-electron chi connectivity index (χ3n) is 4.92. The van der Waals surface area contributed by atoms with Crippen molar-refractivity contribution in [3.63, 3.8) is 0 Å². The van der Waals surface area contributed by atoms with Gasteiger partial charge in [0.2, 0.25) is 5.91 Å². The number of rotatable bonds is 4. The maximum absolute atomic E-state index is 12.7. The highest BCUT2D eigenvalue weighted by atomic mass is 16.5. The number of carbonyl (C=O) groups excluding carboxylic acids is 2. The quantitative estimate of drug-likeness (QED) is 0.919. The second-order valence-electron chi connectivity index (χ2n) is 6.49. The standard InChI is InChI=1S/C20H20N2O4/c1-25-16-9-14(10-17(11-16)26-2)20(24)21-15-7-12-3-4-18(23)22-6-5-13(8-15)19(12)22/h7-11H,3-6H2,1-2H3,(H,21,24). The van der Waals surface area contributed by atoms with Crippen LogP contribution in [0.5, 0.6) is 11.5 Å². The fourth-order valence-corrected chi connectivity index (χ4v) is 3.67. The van der Waals surface area contributed by atoms with E-state index >= 15 is 0 Å². The molecule has 1 N–H and O–H groups in total. The molecular weight excluding hydrogens is 332 g/mol. The molecule has 134 valence electrons. The number of benzene rings is 2. The molecule has 0 spiro atoms. The molecule has 26 heavy (non-hydrogen) atoms. The third kappa shape index (κ3) is 2.77. The molecule has 0 unspecified atom stereocenters. The summed E-state index contributed by atoms with van der Waals surface area (Å²) in [5, 5.41) is 2.96. The minimum Gasteiger partial charge on any atom is -0.497 e. The van der Waals surface area contributed by atoms with Gasteiger partial charge >= 0.3 is 0 Å². The van der Waals surface area contributed by atoms with Crippen LogP contribution < -0.4 is 19.7 Å². The maximum atomic E-state index is 12.7. The smallest absolute Gasteiger partial charge is 0.255 e. The summed E-state index contributed by atoms with van der Waals surface area (Å²) < 4.78 is 10.5. The van der Waals surface area contributed by atoms with Crippen LogP contribution in [0.1, 0.15) is 27.9 Å². The van der Waals surface area contributed by atoms with Crippen LogP contribution in [0.4, 0.5) is 11.4 Å². The molecule has 6 nitrogen and oxygen atoms in total. The largest absolute Gasteiger partial charge is 0.497 e. The van der Waals surface area contributed by atoms with E-state index in [0.717, 1.165) is 35.5 Å². The lowest BCUT2D eigenvalue weighted by Crippen LogP contribution is -2.32. The van der Waals surface area contributed by atoms with Gasteiger partial charge < -0.3 is 19.7 Å². The van der Waals surface area contributed by atoms with Gasteiger partial charge in [-0.25, -0.2) is 0 Å². The molecule has 2 aromatic carbocycles. The van der Waals surface area contributed by atoms with Crippen molar-refractivity contribution in [2.45, 2.75) is 19.3 Å². The summed E-state index contributed by atoms with van der Waals surface area (Å²) >= 11 is 0. The Morgan fingerprint density at radius 3 is 2.27 bits per heavy atom. The number of nitrogens with zero attached hydrogens (tertiary/aromatic N) is 1. The van der Waals surface area contributed by atoms with Gasteiger partial charge in [0.1, 0.15) is 11.5 Å². The molecule has 0 bridgehead atoms. The fourth-order valence-electron chi connectivity index (χ4n) is 3.67. The number of nitrogens with one attached hydrogen (secondary N) is 1. The van der Waals surface area contributed by atoms with Gasteiger partial charge in [-0.3, -0.25) is 9.59 Å². The highest BCUT2D eigenvalue weighted by Crippen LogP contribution is 2.38. The van der Waals surface area contributed by atoms with Crippen LogP contribution in [0.25, 0.3) is 0 Å². The first-order chi connectivity index (χ1) is 12.6. The third-order valence-corrected chi connectivity index (χ3v) is 4.92. The topological polar surface area (TPSA) is 67.9 Å². The zero-order valence-corrected chi connectivity index (χ0v) is 14.8. The van der Waals surface area contributed by atoms with E-state index in [1.54, 1.807) is 32.4 Å². The van der Waals surface area contributed by atoms with E-state index in [1.165, 1.54) is 0 Å². The molecule has 0 saturated heterocycles. The molecule has 2 aromatic rings.